The molecule has 2 aromatic heterocycles. The van der Waals surface area contributed by atoms with Crippen molar-refractivity contribution in [2.45, 2.75) is 6.92 Å². The van der Waals surface area contributed by atoms with Gasteiger partial charge in [-0.2, -0.15) is 0 Å². The van der Waals surface area contributed by atoms with Crippen molar-refractivity contribution in [3.63, 3.8) is 0 Å². The lowest BCUT2D eigenvalue weighted by Crippen LogP contribution is -2.12. The minimum Gasteiger partial charge on any atom is -0.356 e. The molecule has 0 saturated carbocycles. The van der Waals surface area contributed by atoms with Crippen LogP contribution in [-0.2, 0) is 0 Å². The maximum Gasteiger partial charge on any atom is 0.272 e. The Morgan fingerprint density at radius 2 is 2.00 bits per heavy atom. The number of ketones is 1. The zero-order chi connectivity index (χ0) is 15.5. The smallest absolute Gasteiger partial charge is 0.272 e. The number of thiazole rings is 1. The topological polar surface area (TPSA) is 74.8 Å². The molecule has 0 unspecified atom stereocenters. The third-order valence-corrected chi connectivity index (χ3v) is 3.98. The molecule has 0 aliphatic rings. The normalized spacial score (nSPS) is 10.4. The molecular formula is C16H13N3O2S. The van der Waals surface area contributed by atoms with Crippen molar-refractivity contribution in [1.82, 2.24) is 9.97 Å². The molecule has 110 valence electrons. The molecule has 0 bridgehead atoms. The summed E-state index contributed by atoms with van der Waals surface area (Å²) in [5.41, 5.74) is 2.54. The summed E-state index contributed by atoms with van der Waals surface area (Å²) >= 11 is 1.56. The fraction of sp³-hybridized carbons (Fsp3) is 0.0625. The van der Waals surface area contributed by atoms with E-state index in [1.165, 1.54) is 13.1 Å². The number of carbonyl (C=O) groups excluding carboxylic acids is 2. The fourth-order valence-corrected chi connectivity index (χ4v) is 2.63. The summed E-state index contributed by atoms with van der Waals surface area (Å²) in [4.78, 5) is 30.4. The van der Waals surface area contributed by atoms with Crippen molar-refractivity contribution in [2.75, 3.05) is 5.32 Å². The third kappa shape index (κ3) is 2.96. The van der Waals surface area contributed by atoms with Gasteiger partial charge >= 0.3 is 0 Å². The van der Waals surface area contributed by atoms with E-state index in [2.05, 4.69) is 15.3 Å². The van der Waals surface area contributed by atoms with E-state index < -0.39 is 0 Å². The van der Waals surface area contributed by atoms with Crippen molar-refractivity contribution < 1.29 is 9.59 Å². The van der Waals surface area contributed by atoms with Gasteiger partial charge in [0.1, 0.15) is 10.7 Å². The van der Waals surface area contributed by atoms with Crippen molar-refractivity contribution in [3.05, 3.63) is 59.4 Å². The van der Waals surface area contributed by atoms with E-state index in [0.29, 0.717) is 16.9 Å². The molecule has 0 saturated heterocycles. The molecule has 1 aromatic carbocycles. The Bertz CT molecular complexity index is 804. The van der Waals surface area contributed by atoms with Gasteiger partial charge in [-0.15, -0.1) is 11.3 Å². The minimum absolute atomic E-state index is 0.0805. The van der Waals surface area contributed by atoms with E-state index in [1.54, 1.807) is 23.6 Å². The van der Waals surface area contributed by atoms with Gasteiger partial charge in [-0.25, -0.2) is 4.98 Å². The van der Waals surface area contributed by atoms with E-state index in [9.17, 15) is 9.59 Å². The van der Waals surface area contributed by atoms with Gasteiger partial charge in [0.25, 0.3) is 5.91 Å². The van der Waals surface area contributed by atoms with Gasteiger partial charge in [0.2, 0.25) is 0 Å². The second-order valence-corrected chi connectivity index (χ2v) is 5.62. The number of amides is 1. The lowest BCUT2D eigenvalue weighted by Gasteiger charge is -2.04. The highest BCUT2D eigenvalue weighted by molar-refractivity contribution is 7.13. The summed E-state index contributed by atoms with van der Waals surface area (Å²) in [6.07, 6.45) is 3.29. The van der Waals surface area contributed by atoms with E-state index >= 15 is 0 Å². The van der Waals surface area contributed by atoms with Crippen LogP contribution in [0.5, 0.6) is 0 Å². The number of hydrogen-bond acceptors (Lipinski definition) is 4. The predicted octanol–water partition coefficient (Wildman–Crippen LogP) is 3.59. The van der Waals surface area contributed by atoms with Crippen LogP contribution in [0.25, 0.3) is 10.6 Å². The van der Waals surface area contributed by atoms with Gasteiger partial charge in [0, 0.05) is 34.6 Å². The molecule has 0 fully saturated rings. The van der Waals surface area contributed by atoms with Crippen molar-refractivity contribution >= 4 is 28.7 Å². The number of anilines is 1. The highest BCUT2D eigenvalue weighted by Crippen LogP contribution is 2.23. The van der Waals surface area contributed by atoms with Gasteiger partial charge in [-0.1, -0.05) is 0 Å². The van der Waals surface area contributed by atoms with Crippen molar-refractivity contribution in [2.24, 2.45) is 0 Å². The van der Waals surface area contributed by atoms with E-state index in [4.69, 9.17) is 0 Å². The molecule has 0 aliphatic carbocycles. The number of nitrogens with zero attached hydrogens (tertiary/aromatic N) is 1. The number of hydrogen-bond donors (Lipinski definition) is 2. The minimum atomic E-state index is -0.283. The second kappa shape index (κ2) is 5.95. The average Bonchev–Trinajstić information content (AvgIpc) is 3.20. The van der Waals surface area contributed by atoms with Crippen LogP contribution in [0, 0.1) is 0 Å². The highest BCUT2D eigenvalue weighted by atomic mass is 32.1. The highest BCUT2D eigenvalue weighted by Gasteiger charge is 2.11. The van der Waals surface area contributed by atoms with Gasteiger partial charge in [-0.3, -0.25) is 9.59 Å². The van der Waals surface area contributed by atoms with Crippen LogP contribution in [0.15, 0.2) is 48.1 Å². The quantitative estimate of drug-likeness (QED) is 0.723. The number of carbonyl (C=O) groups is 2. The van der Waals surface area contributed by atoms with Crippen LogP contribution in [0.1, 0.15) is 27.8 Å². The number of benzene rings is 1. The molecule has 3 rings (SSSR count). The molecule has 0 radical (unpaired) electrons. The molecule has 2 N–H and O–H groups in total. The maximum atomic E-state index is 12.1. The first kappa shape index (κ1) is 14.2. The van der Waals surface area contributed by atoms with Crippen molar-refractivity contribution in [3.8, 4) is 10.6 Å². The molecule has 3 aromatic rings. The lowest BCUT2D eigenvalue weighted by atomic mass is 10.2. The average molecular weight is 311 g/mol. The van der Waals surface area contributed by atoms with Crippen LogP contribution < -0.4 is 5.32 Å². The molecule has 0 spiro atoms. The number of Topliss-reactive ketones (excluding diaryl/α,β-unsaturated/α-hetero) is 1. The van der Waals surface area contributed by atoms with Crippen LogP contribution >= 0.6 is 11.3 Å². The fourth-order valence-electron chi connectivity index (χ4n) is 1.99. The van der Waals surface area contributed by atoms with Gasteiger partial charge < -0.3 is 10.3 Å². The van der Waals surface area contributed by atoms with Crippen LogP contribution in [0.2, 0.25) is 0 Å². The Kier molecular flexibility index (Phi) is 3.84. The molecular weight excluding hydrogens is 298 g/mol. The van der Waals surface area contributed by atoms with Crippen molar-refractivity contribution in [1.29, 1.82) is 0 Å². The van der Waals surface area contributed by atoms with Crippen LogP contribution in [0.4, 0.5) is 5.69 Å². The first-order valence-electron chi connectivity index (χ1n) is 6.64. The Labute approximate surface area is 131 Å². The molecule has 0 aliphatic heterocycles. The maximum absolute atomic E-state index is 12.1. The summed E-state index contributed by atoms with van der Waals surface area (Å²) < 4.78 is 0. The number of rotatable bonds is 4. The summed E-state index contributed by atoms with van der Waals surface area (Å²) in [6, 6.07) is 9.00. The molecule has 22 heavy (non-hydrogen) atoms. The first-order valence-corrected chi connectivity index (χ1v) is 7.52. The molecule has 1 amide bonds. The first-order chi connectivity index (χ1) is 10.6. The Balaban J connectivity index is 1.72. The van der Waals surface area contributed by atoms with Crippen LogP contribution in [0.3, 0.4) is 0 Å². The molecule has 2 heterocycles. The van der Waals surface area contributed by atoms with E-state index in [1.807, 2.05) is 29.6 Å². The number of aromatic amines is 1. The third-order valence-electron chi connectivity index (χ3n) is 3.16. The summed E-state index contributed by atoms with van der Waals surface area (Å²) in [5, 5.41) is 5.64. The second-order valence-electron chi connectivity index (χ2n) is 4.73. The number of H-pyrrole nitrogens is 1. The molecule has 0 atom stereocenters. The van der Waals surface area contributed by atoms with Gasteiger partial charge in [-0.05, 0) is 37.3 Å². The Hall–Kier alpha value is -2.73. The predicted molar refractivity (Wildman–Crippen MR) is 86.3 cm³/mol. The van der Waals surface area contributed by atoms with Gasteiger partial charge in [0.15, 0.2) is 5.78 Å². The Morgan fingerprint density at radius 3 is 2.59 bits per heavy atom. The van der Waals surface area contributed by atoms with Gasteiger partial charge in [0.05, 0.1) is 0 Å². The molecule has 6 heteroatoms. The largest absolute Gasteiger partial charge is 0.356 e. The lowest BCUT2D eigenvalue weighted by molar-refractivity contribution is 0.101. The standard InChI is InChI=1S/C16H13N3O2S/c1-10(20)12-8-14(18-9-12)15(21)19-13-4-2-11(3-5-13)16-17-6-7-22-16/h2-9,18H,1H3,(H,19,21). The monoisotopic (exact) mass is 311 g/mol. The summed E-state index contributed by atoms with van der Waals surface area (Å²) in [5.74, 6) is -0.363. The summed E-state index contributed by atoms with van der Waals surface area (Å²) in [6.45, 7) is 1.46. The Morgan fingerprint density at radius 1 is 1.23 bits per heavy atom. The SMILES string of the molecule is CC(=O)c1c[nH]c(C(=O)Nc2ccc(-c3nccs3)cc2)c1. The zero-order valence-electron chi connectivity index (χ0n) is 11.8. The summed E-state index contributed by atoms with van der Waals surface area (Å²) in [7, 11) is 0. The van der Waals surface area contributed by atoms with Crippen LogP contribution in [-0.4, -0.2) is 21.7 Å². The van der Waals surface area contributed by atoms with E-state index in [0.717, 1.165) is 10.6 Å². The molecule has 5 nitrogen and oxygen atoms in total. The number of aromatic nitrogens is 2. The number of nitrogens with one attached hydrogen (secondary N) is 2. The zero-order valence-corrected chi connectivity index (χ0v) is 12.6. The van der Waals surface area contributed by atoms with E-state index in [-0.39, 0.29) is 11.7 Å².